The first kappa shape index (κ1) is 13.5. The van der Waals surface area contributed by atoms with Crippen molar-refractivity contribution in [1.82, 2.24) is 15.3 Å². The van der Waals surface area contributed by atoms with Gasteiger partial charge in [-0.25, -0.2) is 19.2 Å². The summed E-state index contributed by atoms with van der Waals surface area (Å²) in [5, 5.41) is 3.43. The number of nitrogens with one attached hydrogen (secondary N) is 1. The smallest absolute Gasteiger partial charge is 0.312 e. The summed E-state index contributed by atoms with van der Waals surface area (Å²) in [7, 11) is 0. The molecule has 7 heteroatoms. The standard InChI is InChI=1S/C14H16FN5O/c15-9-1-2-12-11(7-9)13(18-8-17-12)20-5-3-10(4-6-20)19-14(16)21/h1-2,7-8,10H,3-6H2,(H3,16,19,21). The second-order valence-corrected chi connectivity index (χ2v) is 5.13. The van der Waals surface area contributed by atoms with Crippen LogP contribution in [0.15, 0.2) is 24.5 Å². The predicted molar refractivity (Wildman–Crippen MR) is 77.5 cm³/mol. The van der Waals surface area contributed by atoms with Crippen LogP contribution in [0.4, 0.5) is 15.0 Å². The van der Waals surface area contributed by atoms with E-state index in [-0.39, 0.29) is 11.9 Å². The zero-order valence-electron chi connectivity index (χ0n) is 11.4. The van der Waals surface area contributed by atoms with Gasteiger partial charge in [0.1, 0.15) is 18.0 Å². The van der Waals surface area contributed by atoms with Gasteiger partial charge in [-0.3, -0.25) is 0 Å². The summed E-state index contributed by atoms with van der Waals surface area (Å²) in [6, 6.07) is 4.09. The Balaban J connectivity index is 1.82. The molecular formula is C14H16FN5O. The van der Waals surface area contributed by atoms with Gasteiger partial charge in [0.05, 0.1) is 5.52 Å². The molecule has 0 atom stereocenters. The second-order valence-electron chi connectivity index (χ2n) is 5.13. The lowest BCUT2D eigenvalue weighted by Gasteiger charge is -2.33. The highest BCUT2D eigenvalue weighted by Gasteiger charge is 2.22. The van der Waals surface area contributed by atoms with Gasteiger partial charge in [0.2, 0.25) is 0 Å². The number of benzene rings is 1. The van der Waals surface area contributed by atoms with Crippen LogP contribution >= 0.6 is 0 Å². The fraction of sp³-hybridized carbons (Fsp3) is 0.357. The van der Waals surface area contributed by atoms with E-state index in [2.05, 4.69) is 20.2 Å². The minimum Gasteiger partial charge on any atom is -0.356 e. The van der Waals surface area contributed by atoms with Crippen molar-refractivity contribution >= 4 is 22.8 Å². The third-order valence-corrected chi connectivity index (χ3v) is 3.72. The Morgan fingerprint density at radius 3 is 2.81 bits per heavy atom. The molecule has 2 aromatic rings. The molecule has 1 fully saturated rings. The Kier molecular flexibility index (Phi) is 3.55. The molecule has 0 spiro atoms. The van der Waals surface area contributed by atoms with Gasteiger partial charge in [0, 0.05) is 24.5 Å². The van der Waals surface area contributed by atoms with Gasteiger partial charge in [0.15, 0.2) is 0 Å². The minimum atomic E-state index is -0.497. The number of nitrogens with two attached hydrogens (primary N) is 1. The van der Waals surface area contributed by atoms with Gasteiger partial charge in [-0.1, -0.05) is 0 Å². The van der Waals surface area contributed by atoms with Crippen LogP contribution in [0.25, 0.3) is 10.9 Å². The molecule has 1 aliphatic rings. The number of nitrogens with zero attached hydrogens (tertiary/aromatic N) is 3. The first-order chi connectivity index (χ1) is 10.1. The number of rotatable bonds is 2. The van der Waals surface area contributed by atoms with E-state index in [1.165, 1.54) is 18.5 Å². The van der Waals surface area contributed by atoms with Crippen molar-refractivity contribution in [3.63, 3.8) is 0 Å². The Labute approximate surface area is 121 Å². The summed E-state index contributed by atoms with van der Waals surface area (Å²) >= 11 is 0. The van der Waals surface area contributed by atoms with Crippen molar-refractivity contribution in [3.05, 3.63) is 30.3 Å². The first-order valence-electron chi connectivity index (χ1n) is 6.84. The van der Waals surface area contributed by atoms with Crippen LogP contribution < -0.4 is 16.0 Å². The van der Waals surface area contributed by atoms with Gasteiger partial charge in [-0.2, -0.15) is 0 Å². The molecule has 0 bridgehead atoms. The molecule has 3 rings (SSSR count). The zero-order chi connectivity index (χ0) is 14.8. The molecule has 6 nitrogen and oxygen atoms in total. The van der Waals surface area contributed by atoms with Crippen molar-refractivity contribution < 1.29 is 9.18 Å². The van der Waals surface area contributed by atoms with E-state index in [1.54, 1.807) is 6.07 Å². The van der Waals surface area contributed by atoms with Crippen LogP contribution in [0, 0.1) is 5.82 Å². The number of amides is 2. The number of fused-ring (bicyclic) bond motifs is 1. The number of primary amides is 1. The molecular weight excluding hydrogens is 273 g/mol. The van der Waals surface area contributed by atoms with Crippen molar-refractivity contribution in [3.8, 4) is 0 Å². The number of carbonyl (C=O) groups is 1. The maximum absolute atomic E-state index is 13.5. The Morgan fingerprint density at radius 1 is 1.33 bits per heavy atom. The molecule has 2 heterocycles. The zero-order valence-corrected chi connectivity index (χ0v) is 11.4. The van der Waals surface area contributed by atoms with E-state index in [0.717, 1.165) is 37.3 Å². The Morgan fingerprint density at radius 2 is 2.10 bits per heavy atom. The molecule has 1 aromatic heterocycles. The van der Waals surface area contributed by atoms with E-state index in [9.17, 15) is 9.18 Å². The maximum Gasteiger partial charge on any atom is 0.312 e. The van der Waals surface area contributed by atoms with E-state index in [1.807, 2.05) is 0 Å². The second kappa shape index (κ2) is 5.51. The van der Waals surface area contributed by atoms with Gasteiger partial charge in [0.25, 0.3) is 0 Å². The summed E-state index contributed by atoms with van der Waals surface area (Å²) in [6.07, 6.45) is 3.05. The lowest BCUT2D eigenvalue weighted by atomic mass is 10.0. The quantitative estimate of drug-likeness (QED) is 0.875. The normalized spacial score (nSPS) is 16.1. The number of anilines is 1. The van der Waals surface area contributed by atoms with Crippen molar-refractivity contribution in [1.29, 1.82) is 0 Å². The SMILES string of the molecule is NC(=O)NC1CCN(c2ncnc3ccc(F)cc23)CC1. The van der Waals surface area contributed by atoms with Crippen LogP contribution in [0.2, 0.25) is 0 Å². The Bertz CT molecular complexity index is 669. The highest BCUT2D eigenvalue weighted by molar-refractivity contribution is 5.89. The molecule has 110 valence electrons. The van der Waals surface area contributed by atoms with Crippen LogP contribution in [-0.4, -0.2) is 35.1 Å². The largest absolute Gasteiger partial charge is 0.356 e. The molecule has 1 aliphatic heterocycles. The lowest BCUT2D eigenvalue weighted by Crippen LogP contribution is -2.46. The van der Waals surface area contributed by atoms with Crippen LogP contribution in [0.1, 0.15) is 12.8 Å². The summed E-state index contributed by atoms with van der Waals surface area (Å²) in [5.74, 6) is 0.431. The number of urea groups is 1. The van der Waals surface area contributed by atoms with Crippen LogP contribution in [-0.2, 0) is 0 Å². The number of halogens is 1. The molecule has 1 aromatic carbocycles. The molecule has 0 saturated carbocycles. The molecule has 0 aliphatic carbocycles. The number of carbonyl (C=O) groups excluding carboxylic acids is 1. The predicted octanol–water partition coefficient (Wildman–Crippen LogP) is 1.41. The summed E-state index contributed by atoms with van der Waals surface area (Å²) in [6.45, 7) is 1.46. The van der Waals surface area contributed by atoms with Gasteiger partial charge < -0.3 is 16.0 Å². The average molecular weight is 289 g/mol. The number of aromatic nitrogens is 2. The Hall–Kier alpha value is -2.44. The fourth-order valence-corrected chi connectivity index (χ4v) is 2.70. The van der Waals surface area contributed by atoms with Crippen molar-refractivity contribution in [2.45, 2.75) is 18.9 Å². The van der Waals surface area contributed by atoms with Gasteiger partial charge >= 0.3 is 6.03 Å². The van der Waals surface area contributed by atoms with E-state index < -0.39 is 6.03 Å². The molecule has 0 unspecified atom stereocenters. The number of hydrogen-bond acceptors (Lipinski definition) is 4. The molecule has 3 N–H and O–H groups in total. The highest BCUT2D eigenvalue weighted by atomic mass is 19.1. The third kappa shape index (κ3) is 2.86. The third-order valence-electron chi connectivity index (χ3n) is 3.72. The minimum absolute atomic E-state index is 0.0867. The molecule has 1 saturated heterocycles. The average Bonchev–Trinajstić information content (AvgIpc) is 2.47. The summed E-state index contributed by atoms with van der Waals surface area (Å²) in [5.41, 5.74) is 5.86. The fourth-order valence-electron chi connectivity index (χ4n) is 2.70. The maximum atomic E-state index is 13.5. The molecule has 21 heavy (non-hydrogen) atoms. The number of piperidine rings is 1. The topological polar surface area (TPSA) is 84.1 Å². The summed E-state index contributed by atoms with van der Waals surface area (Å²) in [4.78, 5) is 21.4. The van der Waals surface area contributed by atoms with Gasteiger partial charge in [-0.05, 0) is 31.0 Å². The van der Waals surface area contributed by atoms with Crippen LogP contribution in [0.5, 0.6) is 0 Å². The summed E-state index contributed by atoms with van der Waals surface area (Å²) < 4.78 is 13.5. The lowest BCUT2D eigenvalue weighted by molar-refractivity contribution is 0.242. The molecule has 0 radical (unpaired) electrons. The monoisotopic (exact) mass is 289 g/mol. The van der Waals surface area contributed by atoms with E-state index in [4.69, 9.17) is 5.73 Å². The molecule has 2 amide bonds. The van der Waals surface area contributed by atoms with Gasteiger partial charge in [-0.15, -0.1) is 0 Å². The van der Waals surface area contributed by atoms with Crippen molar-refractivity contribution in [2.24, 2.45) is 5.73 Å². The highest BCUT2D eigenvalue weighted by Crippen LogP contribution is 2.26. The first-order valence-corrected chi connectivity index (χ1v) is 6.84. The van der Waals surface area contributed by atoms with Crippen molar-refractivity contribution in [2.75, 3.05) is 18.0 Å². The number of hydrogen-bond donors (Lipinski definition) is 2. The van der Waals surface area contributed by atoms with E-state index in [0.29, 0.717) is 5.39 Å². The van der Waals surface area contributed by atoms with Crippen LogP contribution in [0.3, 0.4) is 0 Å². The van der Waals surface area contributed by atoms with E-state index >= 15 is 0 Å².